The van der Waals surface area contributed by atoms with Gasteiger partial charge in [0, 0.05) is 25.0 Å². The Labute approximate surface area is 107 Å². The summed E-state index contributed by atoms with van der Waals surface area (Å²) in [4.78, 5) is 14.3. The van der Waals surface area contributed by atoms with Crippen molar-refractivity contribution in [2.45, 2.75) is 24.8 Å². The van der Waals surface area contributed by atoms with Crippen LogP contribution in [0.25, 0.3) is 0 Å². The highest BCUT2D eigenvalue weighted by Gasteiger charge is 2.58. The van der Waals surface area contributed by atoms with E-state index >= 15 is 0 Å². The number of likely N-dealkylation sites (tertiary alicyclic amines) is 1. The number of hydrogen-bond donors (Lipinski definition) is 1. The van der Waals surface area contributed by atoms with Crippen LogP contribution in [0.3, 0.4) is 0 Å². The fourth-order valence-corrected chi connectivity index (χ4v) is 3.81. The molecule has 0 aromatic heterocycles. The zero-order chi connectivity index (χ0) is 12.3. The van der Waals surface area contributed by atoms with Crippen LogP contribution < -0.4 is 5.73 Å². The summed E-state index contributed by atoms with van der Waals surface area (Å²) in [7, 11) is 0. The number of nitrogens with zero attached hydrogens (tertiary/aromatic N) is 1. The summed E-state index contributed by atoms with van der Waals surface area (Å²) in [5, 5.41) is 0. The number of rotatable bonds is 1. The van der Waals surface area contributed by atoms with Gasteiger partial charge in [0.1, 0.15) is 0 Å². The molecule has 3 nitrogen and oxygen atoms in total. The quantitative estimate of drug-likeness (QED) is 0.802. The largest absolute Gasteiger partial charge is 0.339 e. The van der Waals surface area contributed by atoms with Crippen LogP contribution in [0.5, 0.6) is 0 Å². The Bertz CT molecular complexity index is 507. The Morgan fingerprint density at radius 3 is 2.83 bits per heavy atom. The fraction of sp³-hybridized carbons (Fsp3) is 0.533. The van der Waals surface area contributed by atoms with E-state index in [1.54, 1.807) is 0 Å². The molecule has 1 aromatic carbocycles. The summed E-state index contributed by atoms with van der Waals surface area (Å²) in [5.41, 5.74) is 8.64. The Hall–Kier alpha value is -1.35. The van der Waals surface area contributed by atoms with Crippen molar-refractivity contribution in [3.63, 3.8) is 0 Å². The van der Waals surface area contributed by atoms with Crippen LogP contribution in [0.1, 0.15) is 23.5 Å². The lowest BCUT2D eigenvalue weighted by Gasteiger charge is -2.37. The smallest absolute Gasteiger partial charge is 0.226 e. The highest BCUT2D eigenvalue weighted by molar-refractivity contribution is 5.85. The van der Waals surface area contributed by atoms with E-state index in [1.807, 2.05) is 4.90 Å². The molecule has 1 saturated heterocycles. The van der Waals surface area contributed by atoms with E-state index in [4.69, 9.17) is 5.73 Å². The first-order valence-electron chi connectivity index (χ1n) is 6.88. The SMILES string of the molecule is NC1CN(C(=O)C2C3CCc4ccccc4C32)C1. The van der Waals surface area contributed by atoms with Gasteiger partial charge in [-0.25, -0.2) is 0 Å². The minimum Gasteiger partial charge on any atom is -0.339 e. The Morgan fingerprint density at radius 2 is 2.06 bits per heavy atom. The summed E-state index contributed by atoms with van der Waals surface area (Å²) in [6, 6.07) is 8.83. The van der Waals surface area contributed by atoms with Crippen molar-refractivity contribution in [1.29, 1.82) is 0 Å². The molecule has 18 heavy (non-hydrogen) atoms. The predicted molar refractivity (Wildman–Crippen MR) is 69.0 cm³/mol. The molecule has 3 aliphatic rings. The average molecular weight is 242 g/mol. The lowest BCUT2D eigenvalue weighted by molar-refractivity contribution is -0.137. The monoisotopic (exact) mass is 242 g/mol. The Kier molecular flexibility index (Phi) is 2.10. The summed E-state index contributed by atoms with van der Waals surface area (Å²) < 4.78 is 0. The van der Waals surface area contributed by atoms with E-state index in [2.05, 4.69) is 24.3 Å². The second-order valence-electron chi connectivity index (χ2n) is 5.96. The van der Waals surface area contributed by atoms with Crippen LogP contribution in [-0.4, -0.2) is 29.9 Å². The van der Waals surface area contributed by atoms with Crippen molar-refractivity contribution in [2.75, 3.05) is 13.1 Å². The number of carbonyl (C=O) groups is 1. The molecule has 94 valence electrons. The van der Waals surface area contributed by atoms with E-state index in [-0.39, 0.29) is 12.0 Å². The third-order valence-electron chi connectivity index (χ3n) is 4.84. The highest BCUT2D eigenvalue weighted by Crippen LogP contribution is 2.60. The molecule has 0 bridgehead atoms. The fourth-order valence-electron chi connectivity index (χ4n) is 3.81. The van der Waals surface area contributed by atoms with E-state index in [0.717, 1.165) is 19.5 Å². The number of benzene rings is 1. The highest BCUT2D eigenvalue weighted by atomic mass is 16.2. The maximum Gasteiger partial charge on any atom is 0.226 e. The van der Waals surface area contributed by atoms with Crippen molar-refractivity contribution < 1.29 is 4.79 Å². The van der Waals surface area contributed by atoms with Crippen molar-refractivity contribution in [3.05, 3.63) is 35.4 Å². The summed E-state index contributed by atoms with van der Waals surface area (Å²) in [6.45, 7) is 1.52. The molecule has 1 saturated carbocycles. The number of nitrogens with two attached hydrogens (primary N) is 1. The first-order chi connectivity index (χ1) is 8.75. The second-order valence-corrected chi connectivity index (χ2v) is 5.96. The molecule has 0 radical (unpaired) electrons. The van der Waals surface area contributed by atoms with Crippen LogP contribution in [0.15, 0.2) is 24.3 Å². The van der Waals surface area contributed by atoms with Gasteiger partial charge in [-0.1, -0.05) is 24.3 Å². The Balaban J connectivity index is 1.56. The van der Waals surface area contributed by atoms with Crippen molar-refractivity contribution in [3.8, 4) is 0 Å². The maximum absolute atomic E-state index is 12.4. The van der Waals surface area contributed by atoms with Gasteiger partial charge >= 0.3 is 0 Å². The van der Waals surface area contributed by atoms with E-state index in [1.165, 1.54) is 17.5 Å². The van der Waals surface area contributed by atoms with Crippen molar-refractivity contribution in [1.82, 2.24) is 4.90 Å². The van der Waals surface area contributed by atoms with Crippen molar-refractivity contribution in [2.24, 2.45) is 17.6 Å². The summed E-state index contributed by atoms with van der Waals surface area (Å²) in [5.74, 6) is 1.70. The second kappa shape index (κ2) is 3.58. The average Bonchev–Trinajstić information content (AvgIpc) is 3.09. The predicted octanol–water partition coefficient (Wildman–Crippen LogP) is 1.13. The van der Waals surface area contributed by atoms with Gasteiger partial charge in [-0.05, 0) is 35.8 Å². The van der Waals surface area contributed by atoms with Gasteiger partial charge in [-0.3, -0.25) is 4.79 Å². The summed E-state index contributed by atoms with van der Waals surface area (Å²) >= 11 is 0. The normalized spacial score (nSPS) is 33.4. The number of carbonyl (C=O) groups excluding carboxylic acids is 1. The molecule has 2 N–H and O–H groups in total. The van der Waals surface area contributed by atoms with Gasteiger partial charge in [0.15, 0.2) is 0 Å². The first kappa shape index (κ1) is 10.6. The van der Waals surface area contributed by atoms with Gasteiger partial charge in [-0.15, -0.1) is 0 Å². The first-order valence-corrected chi connectivity index (χ1v) is 6.88. The standard InChI is InChI=1S/C15H18N2O/c16-10-7-17(8-10)15(18)14-12-6-5-9-3-1-2-4-11(9)13(12)14/h1-4,10,12-14H,5-8,16H2. The number of aryl methyl sites for hydroxylation is 1. The molecule has 0 spiro atoms. The van der Waals surface area contributed by atoms with Gasteiger partial charge < -0.3 is 10.6 Å². The molecule has 1 amide bonds. The zero-order valence-corrected chi connectivity index (χ0v) is 10.4. The van der Waals surface area contributed by atoms with Crippen LogP contribution >= 0.6 is 0 Å². The Morgan fingerprint density at radius 1 is 1.28 bits per heavy atom. The summed E-state index contributed by atoms with van der Waals surface area (Å²) in [6.07, 6.45) is 2.32. The lowest BCUT2D eigenvalue weighted by Crippen LogP contribution is -2.58. The molecule has 4 rings (SSSR count). The van der Waals surface area contributed by atoms with Gasteiger partial charge in [0.05, 0.1) is 0 Å². The van der Waals surface area contributed by atoms with Crippen LogP contribution in [-0.2, 0) is 11.2 Å². The molecule has 3 unspecified atom stereocenters. The minimum absolute atomic E-state index is 0.210. The van der Waals surface area contributed by atoms with Crippen molar-refractivity contribution >= 4 is 5.91 Å². The maximum atomic E-state index is 12.4. The molecule has 1 aliphatic heterocycles. The number of amides is 1. The van der Waals surface area contributed by atoms with Crippen LogP contribution in [0.2, 0.25) is 0 Å². The van der Waals surface area contributed by atoms with Gasteiger partial charge in [-0.2, -0.15) is 0 Å². The molecule has 3 atom stereocenters. The molecular weight excluding hydrogens is 224 g/mol. The van der Waals surface area contributed by atoms with E-state index in [9.17, 15) is 4.79 Å². The third kappa shape index (κ3) is 1.37. The molecule has 1 heterocycles. The van der Waals surface area contributed by atoms with E-state index < -0.39 is 0 Å². The van der Waals surface area contributed by atoms with Gasteiger partial charge in [0.25, 0.3) is 0 Å². The zero-order valence-electron chi connectivity index (χ0n) is 10.4. The number of fused-ring (bicyclic) bond motifs is 3. The number of hydrogen-bond acceptors (Lipinski definition) is 2. The topological polar surface area (TPSA) is 46.3 Å². The lowest BCUT2D eigenvalue weighted by atomic mass is 9.92. The molecule has 3 heteroatoms. The van der Waals surface area contributed by atoms with Crippen LogP contribution in [0.4, 0.5) is 0 Å². The van der Waals surface area contributed by atoms with E-state index in [0.29, 0.717) is 17.7 Å². The molecule has 2 aliphatic carbocycles. The molecule has 2 fully saturated rings. The van der Waals surface area contributed by atoms with Crippen LogP contribution in [0, 0.1) is 11.8 Å². The third-order valence-corrected chi connectivity index (χ3v) is 4.84. The molecular formula is C15H18N2O. The minimum atomic E-state index is 0.210. The molecule has 1 aromatic rings. The van der Waals surface area contributed by atoms with Gasteiger partial charge in [0.2, 0.25) is 5.91 Å².